The topological polar surface area (TPSA) is 117 Å². The molecule has 2 aliphatic heterocycles. The van der Waals surface area contributed by atoms with Crippen molar-refractivity contribution in [1.29, 1.82) is 0 Å². The maximum atomic E-state index is 12.8. The molecule has 0 bridgehead atoms. The third-order valence-corrected chi connectivity index (χ3v) is 6.31. The number of aromatic nitrogens is 2. The summed E-state index contributed by atoms with van der Waals surface area (Å²) in [6.07, 6.45) is 2.37. The largest absolute Gasteiger partial charge is 0.478 e. The molecule has 1 spiro atoms. The number of benzene rings is 2. The number of likely N-dealkylation sites (N-methyl/N-ethyl adjacent to an activating group) is 1. The van der Waals surface area contributed by atoms with E-state index in [4.69, 9.17) is 19.6 Å². The van der Waals surface area contributed by atoms with Gasteiger partial charge in [-0.1, -0.05) is 36.4 Å². The molecule has 3 heterocycles. The molecule has 0 aliphatic carbocycles. The van der Waals surface area contributed by atoms with Crippen molar-refractivity contribution in [2.24, 2.45) is 0 Å². The highest BCUT2D eigenvalue weighted by Crippen LogP contribution is 2.42. The van der Waals surface area contributed by atoms with Crippen LogP contribution in [0.2, 0.25) is 0 Å². The second kappa shape index (κ2) is 9.02. The number of H-pyrrole nitrogens is 1. The van der Waals surface area contributed by atoms with Gasteiger partial charge in [-0.05, 0) is 30.3 Å². The molecule has 9 nitrogen and oxygen atoms in total. The molecule has 3 N–H and O–H groups in total. The van der Waals surface area contributed by atoms with Crippen LogP contribution >= 0.6 is 0 Å². The molecule has 3 aromatic rings. The first-order valence-electron chi connectivity index (χ1n) is 11.2. The van der Waals surface area contributed by atoms with E-state index in [2.05, 4.69) is 10.3 Å². The lowest BCUT2D eigenvalue weighted by Crippen LogP contribution is -2.40. The van der Waals surface area contributed by atoms with Crippen LogP contribution in [0.15, 0.2) is 54.7 Å². The van der Waals surface area contributed by atoms with Crippen LogP contribution < -0.4 is 5.32 Å². The lowest BCUT2D eigenvalue weighted by molar-refractivity contribution is -0.152. The summed E-state index contributed by atoms with van der Waals surface area (Å²) in [6.45, 7) is 1.66. The fourth-order valence-corrected chi connectivity index (χ4v) is 4.60. The molecule has 176 valence electrons. The predicted molar refractivity (Wildman–Crippen MR) is 124 cm³/mol. The number of likely N-dealkylation sites (tertiary alicyclic amines) is 1. The highest BCUT2D eigenvalue weighted by molar-refractivity contribution is 5.88. The van der Waals surface area contributed by atoms with Gasteiger partial charge in [0, 0.05) is 18.2 Å². The number of amides is 1. The zero-order valence-corrected chi connectivity index (χ0v) is 18.8. The summed E-state index contributed by atoms with van der Waals surface area (Å²) in [5, 5.41) is 12.0. The number of carboxylic acids is 1. The van der Waals surface area contributed by atoms with Crippen molar-refractivity contribution >= 4 is 11.9 Å². The van der Waals surface area contributed by atoms with Gasteiger partial charge in [0.1, 0.15) is 5.82 Å². The van der Waals surface area contributed by atoms with E-state index in [1.54, 1.807) is 36.2 Å². The second-order valence-electron chi connectivity index (χ2n) is 8.51. The first-order valence-corrected chi connectivity index (χ1v) is 11.2. The van der Waals surface area contributed by atoms with Crippen molar-refractivity contribution in [2.75, 3.05) is 33.4 Å². The third kappa shape index (κ3) is 4.21. The molecule has 1 unspecified atom stereocenters. The van der Waals surface area contributed by atoms with Gasteiger partial charge in [-0.15, -0.1) is 0 Å². The van der Waals surface area contributed by atoms with Crippen molar-refractivity contribution < 1.29 is 24.2 Å². The highest BCUT2D eigenvalue weighted by atomic mass is 16.7. The van der Waals surface area contributed by atoms with E-state index in [1.165, 1.54) is 0 Å². The minimum atomic E-state index is -0.943. The molecule has 34 heavy (non-hydrogen) atoms. The smallest absolute Gasteiger partial charge is 0.335 e. The average Bonchev–Trinajstić information content (AvgIpc) is 3.60. The number of rotatable bonds is 6. The van der Waals surface area contributed by atoms with E-state index in [9.17, 15) is 9.59 Å². The van der Waals surface area contributed by atoms with Crippen LogP contribution in [0, 0.1) is 0 Å². The van der Waals surface area contributed by atoms with Crippen LogP contribution in [-0.2, 0) is 14.3 Å². The van der Waals surface area contributed by atoms with Gasteiger partial charge in [-0.3, -0.25) is 4.79 Å². The van der Waals surface area contributed by atoms with E-state index < -0.39 is 11.8 Å². The maximum absolute atomic E-state index is 12.8. The summed E-state index contributed by atoms with van der Waals surface area (Å²) >= 11 is 0. The van der Waals surface area contributed by atoms with E-state index in [0.29, 0.717) is 32.0 Å². The number of nitrogens with one attached hydrogen (secondary N) is 2. The zero-order valence-electron chi connectivity index (χ0n) is 18.8. The van der Waals surface area contributed by atoms with E-state index in [0.717, 1.165) is 22.4 Å². The fraction of sp³-hybridized carbons (Fsp3) is 0.320. The van der Waals surface area contributed by atoms with Gasteiger partial charge in [0.15, 0.2) is 5.79 Å². The summed E-state index contributed by atoms with van der Waals surface area (Å²) in [5.41, 5.74) is 3.88. The number of hydrogen-bond donors (Lipinski definition) is 3. The molecule has 2 aromatic carbocycles. The van der Waals surface area contributed by atoms with Crippen LogP contribution in [0.3, 0.4) is 0 Å². The lowest BCUT2D eigenvalue weighted by Gasteiger charge is -2.23. The van der Waals surface area contributed by atoms with Crippen LogP contribution in [-0.4, -0.2) is 71.0 Å². The standard InChI is InChI=1S/C25H26N4O5/c1-26-14-22(30)29-15-25(33-10-11-34-25)12-21(29)23-27-13-20(28-23)18-6-2-16(3-7-18)17-4-8-19(9-5-17)24(31)32/h2-9,13,21,26H,10-12,14-15H2,1H3,(H,27,28)(H,31,32). The molecule has 1 aromatic heterocycles. The Kier molecular flexibility index (Phi) is 5.91. The quantitative estimate of drug-likeness (QED) is 0.516. The Hall–Kier alpha value is -3.53. The van der Waals surface area contributed by atoms with Gasteiger partial charge in [-0.2, -0.15) is 0 Å². The van der Waals surface area contributed by atoms with Crippen molar-refractivity contribution in [3.63, 3.8) is 0 Å². The zero-order chi connectivity index (χ0) is 23.7. The number of carbonyl (C=O) groups is 2. The Labute approximate surface area is 196 Å². The SMILES string of the molecule is CNCC(=O)N1CC2(CC1c1nc(-c3ccc(-c4ccc(C(=O)O)cc4)cc3)c[nH]1)OCCO2. The Morgan fingerprint density at radius 2 is 1.71 bits per heavy atom. The van der Waals surface area contributed by atoms with Crippen LogP contribution in [0.5, 0.6) is 0 Å². The van der Waals surface area contributed by atoms with E-state index in [-0.39, 0.29) is 24.1 Å². The molecule has 5 rings (SSSR count). The number of imidazole rings is 1. The Bertz CT molecular complexity index is 1180. The number of carbonyl (C=O) groups excluding carboxylic acids is 1. The molecule has 1 atom stereocenters. The first-order chi connectivity index (χ1) is 16.5. The average molecular weight is 463 g/mol. The van der Waals surface area contributed by atoms with Gasteiger partial charge in [0.05, 0.1) is 43.6 Å². The number of nitrogens with zero attached hydrogens (tertiary/aromatic N) is 2. The van der Waals surface area contributed by atoms with Crippen LogP contribution in [0.1, 0.15) is 28.6 Å². The molecular weight excluding hydrogens is 436 g/mol. The monoisotopic (exact) mass is 462 g/mol. The van der Waals surface area contributed by atoms with Crippen molar-refractivity contribution in [3.8, 4) is 22.4 Å². The summed E-state index contributed by atoms with van der Waals surface area (Å²) in [5.74, 6) is -1.04. The Morgan fingerprint density at radius 3 is 2.32 bits per heavy atom. The first kappa shape index (κ1) is 22.3. The Balaban J connectivity index is 1.36. The Morgan fingerprint density at radius 1 is 1.09 bits per heavy atom. The molecule has 9 heteroatoms. The number of ether oxygens (including phenoxy) is 2. The van der Waals surface area contributed by atoms with Crippen LogP contribution in [0.4, 0.5) is 0 Å². The molecule has 2 fully saturated rings. The molecular formula is C25H26N4O5. The molecule has 2 aliphatic rings. The minimum absolute atomic E-state index is 0.0281. The summed E-state index contributed by atoms with van der Waals surface area (Å²) in [7, 11) is 1.75. The van der Waals surface area contributed by atoms with E-state index >= 15 is 0 Å². The summed E-state index contributed by atoms with van der Waals surface area (Å²) in [4.78, 5) is 33.6. The second-order valence-corrected chi connectivity index (χ2v) is 8.51. The maximum Gasteiger partial charge on any atom is 0.335 e. The molecule has 0 radical (unpaired) electrons. The highest BCUT2D eigenvalue weighted by Gasteiger charge is 2.51. The van der Waals surface area contributed by atoms with E-state index in [1.807, 2.05) is 30.5 Å². The van der Waals surface area contributed by atoms with Crippen molar-refractivity contribution in [3.05, 3.63) is 66.1 Å². The van der Waals surface area contributed by atoms with Gasteiger partial charge in [0.2, 0.25) is 5.91 Å². The molecule has 2 saturated heterocycles. The number of carboxylic acid groups (broad SMARTS) is 1. The summed E-state index contributed by atoms with van der Waals surface area (Å²) in [6, 6.07) is 14.4. The van der Waals surface area contributed by atoms with Gasteiger partial charge < -0.3 is 29.8 Å². The molecule has 0 saturated carbocycles. The third-order valence-electron chi connectivity index (χ3n) is 6.31. The fourth-order valence-electron chi connectivity index (χ4n) is 4.60. The normalized spacial score (nSPS) is 19.1. The van der Waals surface area contributed by atoms with Gasteiger partial charge >= 0.3 is 5.97 Å². The number of aromatic amines is 1. The van der Waals surface area contributed by atoms with Gasteiger partial charge in [-0.25, -0.2) is 9.78 Å². The number of hydrogen-bond acceptors (Lipinski definition) is 6. The van der Waals surface area contributed by atoms with Crippen molar-refractivity contribution in [1.82, 2.24) is 20.2 Å². The van der Waals surface area contributed by atoms with Gasteiger partial charge in [0.25, 0.3) is 0 Å². The molecule has 1 amide bonds. The minimum Gasteiger partial charge on any atom is -0.478 e. The van der Waals surface area contributed by atoms with Crippen molar-refractivity contribution in [2.45, 2.75) is 18.2 Å². The lowest BCUT2D eigenvalue weighted by atomic mass is 10.0. The number of aromatic carboxylic acids is 1. The predicted octanol–water partition coefficient (Wildman–Crippen LogP) is 2.68. The summed E-state index contributed by atoms with van der Waals surface area (Å²) < 4.78 is 11.7. The van der Waals surface area contributed by atoms with Crippen LogP contribution in [0.25, 0.3) is 22.4 Å².